The number of nitrogens with one attached hydrogen (secondary N) is 1. The van der Waals surface area contributed by atoms with E-state index in [9.17, 15) is 18.0 Å². The summed E-state index contributed by atoms with van der Waals surface area (Å²) in [5, 5.41) is 3.01. The largest absolute Gasteiger partial charge is 0.354 e. The average Bonchev–Trinajstić information content (AvgIpc) is 3.02. The molecule has 0 aliphatic carbocycles. The summed E-state index contributed by atoms with van der Waals surface area (Å²) < 4.78 is 30.1. The lowest BCUT2D eigenvalue weighted by atomic mass is 10.0. The minimum Gasteiger partial charge on any atom is -0.354 e. The molecular formula is C35H38BrN3O4S. The van der Waals surface area contributed by atoms with Crippen molar-refractivity contribution in [1.82, 2.24) is 10.2 Å². The summed E-state index contributed by atoms with van der Waals surface area (Å²) in [6.07, 6.45) is 1.99. The molecule has 0 radical (unpaired) electrons. The van der Waals surface area contributed by atoms with Crippen LogP contribution < -0.4 is 9.62 Å². The molecule has 4 rings (SSSR count). The molecule has 0 aromatic heterocycles. The zero-order chi connectivity index (χ0) is 31.5. The summed E-state index contributed by atoms with van der Waals surface area (Å²) >= 11 is 3.51. The van der Waals surface area contributed by atoms with Gasteiger partial charge in [0, 0.05) is 24.0 Å². The van der Waals surface area contributed by atoms with Crippen molar-refractivity contribution < 1.29 is 18.0 Å². The quantitative estimate of drug-likeness (QED) is 0.154. The topological polar surface area (TPSA) is 86.8 Å². The predicted octanol–water partition coefficient (Wildman–Crippen LogP) is 6.51. The number of rotatable bonds is 14. The molecule has 44 heavy (non-hydrogen) atoms. The average molecular weight is 677 g/mol. The summed E-state index contributed by atoms with van der Waals surface area (Å²) in [5.74, 6) is -0.769. The SMILES string of the molecule is CCCCNC(=O)C(Cc1ccccc1)N(Cc1cccc(Br)c1)C(=O)CN(c1ccccc1)S(=O)(=O)c1ccc(C)cc1. The van der Waals surface area contributed by atoms with Gasteiger partial charge in [-0.1, -0.05) is 108 Å². The predicted molar refractivity (Wildman–Crippen MR) is 179 cm³/mol. The van der Waals surface area contributed by atoms with Crippen LogP contribution in [0.3, 0.4) is 0 Å². The van der Waals surface area contributed by atoms with E-state index in [2.05, 4.69) is 21.2 Å². The van der Waals surface area contributed by atoms with E-state index in [-0.39, 0.29) is 23.8 Å². The van der Waals surface area contributed by atoms with Crippen LogP contribution in [-0.2, 0) is 32.6 Å². The fraction of sp³-hybridized carbons (Fsp3) is 0.257. The molecule has 0 aliphatic rings. The first-order valence-electron chi connectivity index (χ1n) is 14.7. The third kappa shape index (κ3) is 8.80. The normalized spacial score (nSPS) is 11.9. The Bertz CT molecular complexity index is 1630. The summed E-state index contributed by atoms with van der Waals surface area (Å²) in [6, 6.07) is 31.3. The molecular weight excluding hydrogens is 638 g/mol. The molecule has 0 spiro atoms. The Labute approximate surface area is 269 Å². The standard InChI is InChI=1S/C35H38BrN3O4S/c1-3-4-22-37-35(41)33(24-28-12-7-5-8-13-28)38(25-29-14-11-15-30(36)23-29)34(40)26-39(31-16-9-6-10-17-31)44(42,43)32-20-18-27(2)19-21-32/h5-21,23,33H,3-4,22,24-26H2,1-2H3,(H,37,41). The van der Waals surface area contributed by atoms with E-state index in [1.807, 2.05) is 68.4 Å². The number of aryl methyl sites for hydroxylation is 1. The van der Waals surface area contributed by atoms with Crippen LogP contribution in [0.2, 0.25) is 0 Å². The van der Waals surface area contributed by atoms with Gasteiger partial charge in [0.2, 0.25) is 11.8 Å². The van der Waals surface area contributed by atoms with Crippen LogP contribution in [0, 0.1) is 6.92 Å². The highest BCUT2D eigenvalue weighted by molar-refractivity contribution is 9.10. The summed E-state index contributed by atoms with van der Waals surface area (Å²) in [7, 11) is -4.12. The smallest absolute Gasteiger partial charge is 0.264 e. The van der Waals surface area contributed by atoms with Gasteiger partial charge in [0.1, 0.15) is 12.6 Å². The van der Waals surface area contributed by atoms with Crippen LogP contribution >= 0.6 is 15.9 Å². The van der Waals surface area contributed by atoms with Gasteiger partial charge in [-0.25, -0.2) is 8.42 Å². The molecule has 1 atom stereocenters. The van der Waals surface area contributed by atoms with Gasteiger partial charge in [-0.2, -0.15) is 0 Å². The van der Waals surface area contributed by atoms with E-state index in [1.54, 1.807) is 54.6 Å². The van der Waals surface area contributed by atoms with E-state index in [1.165, 1.54) is 4.90 Å². The van der Waals surface area contributed by atoms with Crippen molar-refractivity contribution in [3.63, 3.8) is 0 Å². The molecule has 9 heteroatoms. The van der Waals surface area contributed by atoms with E-state index >= 15 is 0 Å². The minimum absolute atomic E-state index is 0.0800. The van der Waals surface area contributed by atoms with E-state index in [0.29, 0.717) is 12.2 Å². The third-order valence-electron chi connectivity index (χ3n) is 7.27. The van der Waals surface area contributed by atoms with Gasteiger partial charge in [0.25, 0.3) is 10.0 Å². The Morgan fingerprint density at radius 2 is 1.48 bits per heavy atom. The van der Waals surface area contributed by atoms with E-state index in [4.69, 9.17) is 0 Å². The number of carbonyl (C=O) groups is 2. The van der Waals surface area contributed by atoms with Gasteiger partial charge in [0.05, 0.1) is 10.6 Å². The van der Waals surface area contributed by atoms with E-state index < -0.39 is 28.5 Å². The van der Waals surface area contributed by atoms with Crippen molar-refractivity contribution in [3.8, 4) is 0 Å². The van der Waals surface area contributed by atoms with Gasteiger partial charge in [-0.3, -0.25) is 13.9 Å². The Balaban J connectivity index is 1.77. The van der Waals surface area contributed by atoms with Crippen molar-refractivity contribution in [2.45, 2.75) is 50.6 Å². The molecule has 230 valence electrons. The number of benzene rings is 4. The maximum atomic E-state index is 14.4. The molecule has 4 aromatic rings. The number of unbranched alkanes of at least 4 members (excludes halogenated alkanes) is 1. The zero-order valence-electron chi connectivity index (χ0n) is 25.0. The van der Waals surface area contributed by atoms with Crippen molar-refractivity contribution in [2.24, 2.45) is 0 Å². The van der Waals surface area contributed by atoms with Gasteiger partial charge in [-0.15, -0.1) is 0 Å². The first-order chi connectivity index (χ1) is 21.2. The fourth-order valence-corrected chi connectivity index (χ4v) is 6.71. The number of hydrogen-bond donors (Lipinski definition) is 1. The summed E-state index contributed by atoms with van der Waals surface area (Å²) in [5.41, 5.74) is 2.97. The summed E-state index contributed by atoms with van der Waals surface area (Å²) in [6.45, 7) is 4.04. The molecule has 4 aromatic carbocycles. The highest BCUT2D eigenvalue weighted by atomic mass is 79.9. The van der Waals surface area contributed by atoms with Crippen LogP contribution in [0.25, 0.3) is 0 Å². The van der Waals surface area contributed by atoms with Crippen LogP contribution in [0.1, 0.15) is 36.5 Å². The molecule has 0 heterocycles. The molecule has 7 nitrogen and oxygen atoms in total. The Hall–Kier alpha value is -3.95. The van der Waals surface area contributed by atoms with Crippen molar-refractivity contribution >= 4 is 43.5 Å². The lowest BCUT2D eigenvalue weighted by Crippen LogP contribution is -2.53. The molecule has 0 saturated heterocycles. The fourth-order valence-electron chi connectivity index (χ4n) is 4.85. The highest BCUT2D eigenvalue weighted by Gasteiger charge is 2.34. The second-order valence-corrected chi connectivity index (χ2v) is 13.4. The molecule has 0 bridgehead atoms. The first-order valence-corrected chi connectivity index (χ1v) is 16.9. The van der Waals surface area contributed by atoms with Gasteiger partial charge in [0.15, 0.2) is 0 Å². The van der Waals surface area contributed by atoms with Gasteiger partial charge >= 0.3 is 0 Å². The molecule has 1 unspecified atom stereocenters. The Morgan fingerprint density at radius 3 is 2.11 bits per heavy atom. The number of para-hydroxylation sites is 1. The third-order valence-corrected chi connectivity index (χ3v) is 9.56. The second kappa shape index (κ2) is 15.7. The molecule has 0 saturated carbocycles. The number of anilines is 1. The number of sulfonamides is 1. The van der Waals surface area contributed by atoms with Gasteiger partial charge < -0.3 is 10.2 Å². The zero-order valence-corrected chi connectivity index (χ0v) is 27.4. The van der Waals surface area contributed by atoms with Gasteiger partial charge in [-0.05, 0) is 60.9 Å². The van der Waals surface area contributed by atoms with Crippen molar-refractivity contribution in [1.29, 1.82) is 0 Å². The summed E-state index contributed by atoms with van der Waals surface area (Å²) in [4.78, 5) is 29.8. The minimum atomic E-state index is -4.12. The van der Waals surface area contributed by atoms with Crippen molar-refractivity contribution in [3.05, 3.63) is 130 Å². The van der Waals surface area contributed by atoms with Crippen LogP contribution in [0.5, 0.6) is 0 Å². The lowest BCUT2D eigenvalue weighted by molar-refractivity contribution is -0.140. The van der Waals surface area contributed by atoms with Crippen LogP contribution in [0.15, 0.2) is 119 Å². The maximum absolute atomic E-state index is 14.4. The number of carbonyl (C=O) groups excluding carboxylic acids is 2. The molecule has 2 amide bonds. The van der Waals surface area contributed by atoms with E-state index in [0.717, 1.165) is 38.3 Å². The van der Waals surface area contributed by atoms with Crippen LogP contribution in [0.4, 0.5) is 5.69 Å². The number of amides is 2. The molecule has 1 N–H and O–H groups in total. The number of nitrogens with zero attached hydrogens (tertiary/aromatic N) is 2. The number of hydrogen-bond acceptors (Lipinski definition) is 4. The van der Waals surface area contributed by atoms with Crippen molar-refractivity contribution in [2.75, 3.05) is 17.4 Å². The molecule has 0 aliphatic heterocycles. The Morgan fingerprint density at radius 1 is 0.841 bits per heavy atom. The monoisotopic (exact) mass is 675 g/mol. The maximum Gasteiger partial charge on any atom is 0.264 e. The first kappa shape index (κ1) is 33.0. The second-order valence-electron chi connectivity index (χ2n) is 10.7. The highest BCUT2D eigenvalue weighted by Crippen LogP contribution is 2.25. The lowest BCUT2D eigenvalue weighted by Gasteiger charge is -2.34. The molecule has 0 fully saturated rings. The number of halogens is 1. The van der Waals surface area contributed by atoms with Crippen LogP contribution in [-0.4, -0.2) is 44.3 Å². The Kier molecular flexibility index (Phi) is 11.7.